The van der Waals surface area contributed by atoms with Crippen molar-refractivity contribution in [1.29, 1.82) is 0 Å². The Morgan fingerprint density at radius 3 is 2.46 bits per heavy atom. The van der Waals surface area contributed by atoms with Crippen LogP contribution < -0.4 is 4.74 Å². The van der Waals surface area contributed by atoms with Crippen molar-refractivity contribution in [1.82, 2.24) is 5.06 Å². The molecule has 2 aromatic carbocycles. The lowest BCUT2D eigenvalue weighted by molar-refractivity contribution is -0.106. The SMILES string of the molecule is O=C1c2ccccc2C(=O)N1OCc1cccc(OC2CCCCO2)c1. The molecular weight excluding hydrogens is 334 g/mol. The number of ether oxygens (including phenoxy) is 2. The van der Waals surface area contributed by atoms with E-state index in [2.05, 4.69) is 0 Å². The molecule has 1 saturated heterocycles. The lowest BCUT2D eigenvalue weighted by Crippen LogP contribution is -2.29. The molecule has 0 aromatic heterocycles. The molecule has 2 heterocycles. The molecule has 2 amide bonds. The van der Waals surface area contributed by atoms with E-state index in [1.54, 1.807) is 24.3 Å². The van der Waals surface area contributed by atoms with Gasteiger partial charge in [0.1, 0.15) is 12.4 Å². The Bertz CT molecular complexity index is 793. The van der Waals surface area contributed by atoms with Gasteiger partial charge in [-0.15, -0.1) is 5.06 Å². The fourth-order valence-corrected chi connectivity index (χ4v) is 3.09. The van der Waals surface area contributed by atoms with Crippen LogP contribution in [0.1, 0.15) is 45.5 Å². The van der Waals surface area contributed by atoms with E-state index in [1.807, 2.05) is 24.3 Å². The molecule has 0 bridgehead atoms. The Labute approximate surface area is 151 Å². The van der Waals surface area contributed by atoms with Crippen LogP contribution in [-0.4, -0.2) is 29.8 Å². The Morgan fingerprint density at radius 2 is 1.77 bits per heavy atom. The van der Waals surface area contributed by atoms with Gasteiger partial charge >= 0.3 is 0 Å². The summed E-state index contributed by atoms with van der Waals surface area (Å²) in [5, 5.41) is 0.822. The van der Waals surface area contributed by atoms with Gasteiger partial charge in [-0.1, -0.05) is 24.3 Å². The number of hydrogen-bond acceptors (Lipinski definition) is 5. The zero-order valence-electron chi connectivity index (χ0n) is 14.2. The Kier molecular flexibility index (Phi) is 4.69. The summed E-state index contributed by atoms with van der Waals surface area (Å²) in [5.41, 5.74) is 1.53. The van der Waals surface area contributed by atoms with E-state index in [4.69, 9.17) is 14.3 Å². The lowest BCUT2D eigenvalue weighted by atomic mass is 10.1. The van der Waals surface area contributed by atoms with Crippen molar-refractivity contribution in [2.24, 2.45) is 0 Å². The summed E-state index contributed by atoms with van der Waals surface area (Å²) in [6.07, 6.45) is 2.80. The molecular formula is C20H19NO5. The first-order valence-corrected chi connectivity index (χ1v) is 8.70. The largest absolute Gasteiger partial charge is 0.465 e. The van der Waals surface area contributed by atoms with Crippen molar-refractivity contribution >= 4 is 11.8 Å². The molecule has 6 heteroatoms. The minimum atomic E-state index is -0.436. The highest BCUT2D eigenvalue weighted by molar-refractivity contribution is 6.20. The normalized spacial score (nSPS) is 19.5. The maximum Gasteiger partial charge on any atom is 0.285 e. The fourth-order valence-electron chi connectivity index (χ4n) is 3.09. The average molecular weight is 353 g/mol. The van der Waals surface area contributed by atoms with Gasteiger partial charge in [-0.3, -0.25) is 14.4 Å². The molecule has 2 aliphatic rings. The molecule has 2 aliphatic heterocycles. The van der Waals surface area contributed by atoms with Crippen LogP contribution in [0.2, 0.25) is 0 Å². The number of carbonyl (C=O) groups excluding carboxylic acids is 2. The van der Waals surface area contributed by atoms with E-state index in [-0.39, 0.29) is 12.9 Å². The molecule has 2 aromatic rings. The number of hydrogen-bond donors (Lipinski definition) is 0. The lowest BCUT2D eigenvalue weighted by Gasteiger charge is -2.23. The third kappa shape index (κ3) is 3.34. The van der Waals surface area contributed by atoms with Crippen LogP contribution in [0.5, 0.6) is 5.75 Å². The van der Waals surface area contributed by atoms with Gasteiger partial charge in [0.15, 0.2) is 6.29 Å². The number of benzene rings is 2. The van der Waals surface area contributed by atoms with E-state index in [1.165, 1.54) is 0 Å². The van der Waals surface area contributed by atoms with Gasteiger partial charge in [-0.25, -0.2) is 0 Å². The predicted octanol–water partition coefficient (Wildman–Crippen LogP) is 3.32. The standard InChI is InChI=1S/C20H19NO5/c22-19-16-8-1-2-9-17(16)20(23)21(19)25-13-14-6-5-7-15(12-14)26-18-10-3-4-11-24-18/h1-2,5-9,12,18H,3-4,10-11,13H2. The molecule has 6 nitrogen and oxygen atoms in total. The van der Waals surface area contributed by atoms with E-state index in [9.17, 15) is 9.59 Å². The number of fused-ring (bicyclic) bond motifs is 1. The zero-order valence-corrected chi connectivity index (χ0v) is 14.2. The molecule has 134 valence electrons. The summed E-state index contributed by atoms with van der Waals surface area (Å²) in [4.78, 5) is 30.1. The molecule has 0 aliphatic carbocycles. The van der Waals surface area contributed by atoms with Gasteiger partial charge in [0.05, 0.1) is 17.7 Å². The first kappa shape index (κ1) is 16.8. The third-order valence-electron chi connectivity index (χ3n) is 4.42. The van der Waals surface area contributed by atoms with Crippen LogP contribution in [0.15, 0.2) is 48.5 Å². The molecule has 0 saturated carbocycles. The smallest absolute Gasteiger partial charge is 0.285 e. The summed E-state index contributed by atoms with van der Waals surface area (Å²) in [7, 11) is 0. The number of rotatable bonds is 5. The average Bonchev–Trinajstić information content (AvgIpc) is 2.92. The minimum absolute atomic E-state index is 0.0915. The van der Waals surface area contributed by atoms with Crippen LogP contribution in [0.25, 0.3) is 0 Å². The van der Waals surface area contributed by atoms with Crippen LogP contribution in [0.4, 0.5) is 0 Å². The second-order valence-electron chi connectivity index (χ2n) is 6.29. The minimum Gasteiger partial charge on any atom is -0.465 e. The highest BCUT2D eigenvalue weighted by Gasteiger charge is 2.36. The number of amides is 2. The quantitative estimate of drug-likeness (QED) is 0.772. The summed E-state index contributed by atoms with van der Waals surface area (Å²) in [5.74, 6) is -0.192. The molecule has 26 heavy (non-hydrogen) atoms. The van der Waals surface area contributed by atoms with E-state index in [0.29, 0.717) is 23.5 Å². The van der Waals surface area contributed by atoms with Crippen molar-refractivity contribution in [3.8, 4) is 5.75 Å². The maximum absolute atomic E-state index is 12.3. The van der Waals surface area contributed by atoms with Gasteiger partial charge < -0.3 is 9.47 Å². The van der Waals surface area contributed by atoms with Gasteiger partial charge in [0.2, 0.25) is 0 Å². The number of nitrogens with zero attached hydrogens (tertiary/aromatic N) is 1. The van der Waals surface area contributed by atoms with Gasteiger partial charge in [0.25, 0.3) is 11.8 Å². The molecule has 1 unspecified atom stereocenters. The van der Waals surface area contributed by atoms with E-state index < -0.39 is 11.8 Å². The maximum atomic E-state index is 12.3. The molecule has 0 spiro atoms. The number of hydroxylamine groups is 2. The first-order valence-electron chi connectivity index (χ1n) is 8.70. The topological polar surface area (TPSA) is 65.1 Å². The molecule has 0 N–H and O–H groups in total. The first-order chi connectivity index (χ1) is 12.7. The Hall–Kier alpha value is -2.70. The second kappa shape index (κ2) is 7.27. The fraction of sp³-hybridized carbons (Fsp3) is 0.300. The van der Waals surface area contributed by atoms with E-state index in [0.717, 1.165) is 29.9 Å². The number of carbonyl (C=O) groups is 2. The second-order valence-corrected chi connectivity index (χ2v) is 6.29. The van der Waals surface area contributed by atoms with E-state index >= 15 is 0 Å². The zero-order chi connectivity index (χ0) is 17.9. The summed E-state index contributed by atoms with van der Waals surface area (Å²) >= 11 is 0. The number of imide groups is 1. The highest BCUT2D eigenvalue weighted by atomic mass is 16.7. The van der Waals surface area contributed by atoms with Crippen LogP contribution in [-0.2, 0) is 16.2 Å². The van der Waals surface area contributed by atoms with Crippen LogP contribution in [0.3, 0.4) is 0 Å². The summed E-state index contributed by atoms with van der Waals surface area (Å²) in [6, 6.07) is 14.1. The van der Waals surface area contributed by atoms with Crippen molar-refractivity contribution in [2.45, 2.75) is 32.2 Å². The molecule has 1 fully saturated rings. The summed E-state index contributed by atoms with van der Waals surface area (Å²) in [6.45, 7) is 0.807. The van der Waals surface area contributed by atoms with Crippen LogP contribution in [0, 0.1) is 0 Å². The summed E-state index contributed by atoms with van der Waals surface area (Å²) < 4.78 is 11.4. The third-order valence-corrected chi connectivity index (χ3v) is 4.42. The van der Waals surface area contributed by atoms with Crippen molar-refractivity contribution in [2.75, 3.05) is 6.61 Å². The predicted molar refractivity (Wildman–Crippen MR) is 92.4 cm³/mol. The Balaban J connectivity index is 1.40. The van der Waals surface area contributed by atoms with Crippen LogP contribution >= 0.6 is 0 Å². The van der Waals surface area contributed by atoms with Crippen molar-refractivity contribution in [3.05, 3.63) is 65.2 Å². The van der Waals surface area contributed by atoms with Gasteiger partial charge in [-0.05, 0) is 42.7 Å². The van der Waals surface area contributed by atoms with Gasteiger partial charge in [-0.2, -0.15) is 0 Å². The van der Waals surface area contributed by atoms with Crippen molar-refractivity contribution < 1.29 is 23.9 Å². The van der Waals surface area contributed by atoms with Crippen molar-refractivity contribution in [3.63, 3.8) is 0 Å². The highest BCUT2D eigenvalue weighted by Crippen LogP contribution is 2.24. The van der Waals surface area contributed by atoms with Gasteiger partial charge in [0, 0.05) is 6.42 Å². The monoisotopic (exact) mass is 353 g/mol. The Morgan fingerprint density at radius 1 is 1.00 bits per heavy atom. The molecule has 4 rings (SSSR count). The molecule has 0 radical (unpaired) electrons. The molecule has 1 atom stereocenters.